The molecule has 46 heavy (non-hydrogen) atoms. The minimum absolute atomic E-state index is 0.0773. The first kappa shape index (κ1) is 31.1. The number of nitrogens with one attached hydrogen (secondary N) is 1. The maximum atomic E-state index is 14.4. The molecule has 0 bridgehead atoms. The van der Waals surface area contributed by atoms with E-state index in [9.17, 15) is 19.5 Å². The second-order valence-electron chi connectivity index (χ2n) is 11.7. The van der Waals surface area contributed by atoms with Crippen molar-refractivity contribution in [3.63, 3.8) is 0 Å². The van der Waals surface area contributed by atoms with Gasteiger partial charge in [0.25, 0.3) is 0 Å². The number of benzene rings is 3. The first-order chi connectivity index (χ1) is 22.2. The highest BCUT2D eigenvalue weighted by Gasteiger charge is 2.51. The number of anilines is 1. The Hall–Kier alpha value is -4.94. The topological polar surface area (TPSA) is 113 Å². The molecule has 0 radical (unpaired) electrons. The van der Waals surface area contributed by atoms with Gasteiger partial charge in [-0.2, -0.15) is 0 Å². The minimum atomic E-state index is -0.863. The van der Waals surface area contributed by atoms with Crippen molar-refractivity contribution in [2.24, 2.45) is 0 Å². The molecule has 2 atom stereocenters. The molecule has 2 saturated heterocycles. The molecule has 6 rings (SSSR count). The van der Waals surface area contributed by atoms with Crippen molar-refractivity contribution in [1.29, 1.82) is 0 Å². The Morgan fingerprint density at radius 1 is 1.07 bits per heavy atom. The first-order valence-electron chi connectivity index (χ1n) is 15.1. The smallest absolute Gasteiger partial charge is 0.334 e. The van der Waals surface area contributed by atoms with Crippen LogP contribution in [0.4, 0.5) is 9.93 Å². The van der Waals surface area contributed by atoms with Gasteiger partial charge in [0.2, 0.25) is 11.8 Å². The van der Waals surface area contributed by atoms with E-state index in [4.69, 9.17) is 4.98 Å². The monoisotopic (exact) mass is 639 g/mol. The van der Waals surface area contributed by atoms with E-state index in [0.29, 0.717) is 6.54 Å². The number of urea groups is 1. The Balaban J connectivity index is 1.37. The third-order valence-corrected chi connectivity index (χ3v) is 9.45. The van der Waals surface area contributed by atoms with Gasteiger partial charge in [0.05, 0.1) is 23.3 Å². The molecular formula is C34H37N7O4S. The molecule has 3 aromatic carbocycles. The van der Waals surface area contributed by atoms with Crippen molar-refractivity contribution < 1.29 is 19.5 Å². The number of hydrogen-bond donors (Lipinski definition) is 2. The number of thiazole rings is 1. The number of para-hydroxylation sites is 1. The summed E-state index contributed by atoms with van der Waals surface area (Å²) in [4.78, 5) is 52.3. The number of rotatable bonds is 9. The fourth-order valence-corrected chi connectivity index (χ4v) is 7.01. The molecule has 1 aromatic heterocycles. The second-order valence-corrected chi connectivity index (χ2v) is 12.7. The summed E-state index contributed by atoms with van der Waals surface area (Å²) in [5.74, 6) is -0.338. The van der Waals surface area contributed by atoms with Gasteiger partial charge in [-0.3, -0.25) is 9.59 Å². The Bertz CT molecular complexity index is 1740. The van der Waals surface area contributed by atoms with Crippen LogP contribution < -0.4 is 10.2 Å². The van der Waals surface area contributed by atoms with Gasteiger partial charge in [-0.25, -0.2) is 19.8 Å². The van der Waals surface area contributed by atoms with Crippen molar-refractivity contribution >= 4 is 44.5 Å². The first-order valence-corrected chi connectivity index (χ1v) is 16.0. The van der Waals surface area contributed by atoms with Gasteiger partial charge >= 0.3 is 6.03 Å². The van der Waals surface area contributed by atoms with Gasteiger partial charge in [-0.1, -0.05) is 72.0 Å². The molecule has 0 spiro atoms. The summed E-state index contributed by atoms with van der Waals surface area (Å²) in [6.45, 7) is 4.73. The van der Waals surface area contributed by atoms with Crippen LogP contribution in [0.25, 0.3) is 10.2 Å². The van der Waals surface area contributed by atoms with E-state index >= 15 is 0 Å². The normalized spacial score (nSPS) is 18.5. The van der Waals surface area contributed by atoms with Crippen LogP contribution in [0.15, 0.2) is 85.5 Å². The Kier molecular flexibility index (Phi) is 8.91. The van der Waals surface area contributed by atoms with Crippen LogP contribution in [0.3, 0.4) is 0 Å². The largest absolute Gasteiger partial charge is 0.508 e. The average molecular weight is 640 g/mol. The summed E-state index contributed by atoms with van der Waals surface area (Å²) in [6, 6.07) is 20.9. The maximum Gasteiger partial charge on any atom is 0.334 e. The summed E-state index contributed by atoms with van der Waals surface area (Å²) in [6.07, 6.45) is 1.12. The summed E-state index contributed by atoms with van der Waals surface area (Å²) >= 11 is 1.58. The second kappa shape index (κ2) is 13.2. The van der Waals surface area contributed by atoms with Crippen LogP contribution in [0.1, 0.15) is 16.7 Å². The fraction of sp³-hybridized carbons (Fsp3) is 0.294. The van der Waals surface area contributed by atoms with Crippen molar-refractivity contribution in [3.05, 3.63) is 102 Å². The van der Waals surface area contributed by atoms with Crippen LogP contribution in [0, 0.1) is 0 Å². The number of aromatic hydroxyl groups is 1. The van der Waals surface area contributed by atoms with Crippen molar-refractivity contribution in [2.45, 2.75) is 31.7 Å². The number of fused-ring (bicyclic) bond motifs is 2. The molecule has 2 aliphatic rings. The van der Waals surface area contributed by atoms with Gasteiger partial charge in [-0.05, 0) is 34.9 Å². The summed E-state index contributed by atoms with van der Waals surface area (Å²) in [7, 11) is 3.89. The lowest BCUT2D eigenvalue weighted by Crippen LogP contribution is -2.76. The number of piperazine rings is 1. The van der Waals surface area contributed by atoms with E-state index in [-0.39, 0.29) is 56.2 Å². The predicted octanol–water partition coefficient (Wildman–Crippen LogP) is 3.80. The fourth-order valence-electron chi connectivity index (χ4n) is 6.07. The molecule has 3 heterocycles. The molecule has 2 N–H and O–H groups in total. The number of hydrazine groups is 1. The number of phenols is 1. The lowest BCUT2D eigenvalue weighted by Gasteiger charge is -2.55. The SMILES string of the molecule is C=CCN1CC(=O)N2[C@@H](Cc3ccc(O)cc3)C(=O)N(Cc3cccc4sc(N(C)C)nc34)C[C@@H]2N1C(=O)NCc1ccccc1. The molecule has 2 fully saturated rings. The van der Waals surface area contributed by atoms with Crippen LogP contribution in [0.5, 0.6) is 5.75 Å². The van der Waals surface area contributed by atoms with E-state index in [1.165, 1.54) is 0 Å². The molecule has 238 valence electrons. The van der Waals surface area contributed by atoms with Gasteiger partial charge in [0, 0.05) is 40.2 Å². The number of carbonyl (C=O) groups is 3. The average Bonchev–Trinajstić information content (AvgIpc) is 3.50. The summed E-state index contributed by atoms with van der Waals surface area (Å²) < 4.78 is 1.01. The third-order valence-electron chi connectivity index (χ3n) is 8.27. The van der Waals surface area contributed by atoms with E-state index in [0.717, 1.165) is 32.0 Å². The van der Waals surface area contributed by atoms with Gasteiger partial charge in [0.1, 0.15) is 18.0 Å². The summed E-state index contributed by atoms with van der Waals surface area (Å²) in [5.41, 5.74) is 3.44. The minimum Gasteiger partial charge on any atom is -0.508 e. The number of nitrogens with zero attached hydrogens (tertiary/aromatic N) is 6. The van der Waals surface area contributed by atoms with E-state index in [1.54, 1.807) is 61.5 Å². The molecule has 0 saturated carbocycles. The highest BCUT2D eigenvalue weighted by atomic mass is 32.1. The number of hydrogen-bond acceptors (Lipinski definition) is 8. The van der Waals surface area contributed by atoms with E-state index in [2.05, 4.69) is 11.9 Å². The number of amides is 4. The Morgan fingerprint density at radius 3 is 2.54 bits per heavy atom. The molecular weight excluding hydrogens is 602 g/mol. The number of aromatic nitrogens is 1. The predicted molar refractivity (Wildman–Crippen MR) is 178 cm³/mol. The lowest BCUT2D eigenvalue weighted by atomic mass is 9.98. The van der Waals surface area contributed by atoms with E-state index < -0.39 is 12.2 Å². The molecule has 0 aliphatic carbocycles. The highest BCUT2D eigenvalue weighted by Crippen LogP contribution is 2.33. The highest BCUT2D eigenvalue weighted by molar-refractivity contribution is 7.22. The van der Waals surface area contributed by atoms with Gasteiger partial charge in [-0.15, -0.1) is 6.58 Å². The number of carbonyl (C=O) groups excluding carboxylic acids is 3. The van der Waals surface area contributed by atoms with Crippen LogP contribution in [0.2, 0.25) is 0 Å². The summed E-state index contributed by atoms with van der Waals surface area (Å²) in [5, 5.41) is 17.0. The standard InChI is InChI=1S/C34H37N7O4S/c1-4-17-39-22-30(43)40-27(18-23-13-15-26(42)16-14-23)32(44)38(20-25-11-8-12-28-31(25)36-34(46-28)37(2)3)21-29(40)41(39)33(45)35-19-24-9-6-5-7-10-24/h4-16,27,29,42H,1,17-22H2,2-3H3,(H,35,45)/t27-,29-/m0/s1. The molecule has 2 aliphatic heterocycles. The lowest BCUT2D eigenvalue weighted by molar-refractivity contribution is -0.189. The van der Waals surface area contributed by atoms with Crippen molar-refractivity contribution in [1.82, 2.24) is 30.1 Å². The van der Waals surface area contributed by atoms with Crippen LogP contribution >= 0.6 is 11.3 Å². The quantitative estimate of drug-likeness (QED) is 0.268. The molecule has 11 nitrogen and oxygen atoms in total. The molecule has 12 heteroatoms. The zero-order chi connectivity index (χ0) is 32.4. The van der Waals surface area contributed by atoms with Gasteiger partial charge in [0.15, 0.2) is 5.13 Å². The number of phenolic OH excluding ortho intramolecular Hbond substituents is 1. The zero-order valence-corrected chi connectivity index (χ0v) is 26.7. The van der Waals surface area contributed by atoms with Crippen molar-refractivity contribution in [2.75, 3.05) is 38.6 Å². The van der Waals surface area contributed by atoms with Gasteiger partial charge < -0.3 is 25.1 Å². The zero-order valence-electron chi connectivity index (χ0n) is 25.9. The molecule has 0 unspecified atom stereocenters. The maximum absolute atomic E-state index is 14.4. The van der Waals surface area contributed by atoms with Crippen LogP contribution in [-0.2, 0) is 29.1 Å². The Labute approximate surface area is 271 Å². The Morgan fingerprint density at radius 2 is 1.83 bits per heavy atom. The van der Waals surface area contributed by atoms with E-state index in [1.807, 2.05) is 67.5 Å². The molecule has 4 aromatic rings. The van der Waals surface area contributed by atoms with Crippen LogP contribution in [-0.4, -0.2) is 93.7 Å². The third kappa shape index (κ3) is 6.26. The van der Waals surface area contributed by atoms with Crippen molar-refractivity contribution in [3.8, 4) is 5.75 Å². The molecule has 4 amide bonds.